The van der Waals surface area contributed by atoms with Gasteiger partial charge in [-0.25, -0.2) is 18.1 Å². The number of unbranched alkanes of at least 4 members (excludes halogenated alkanes) is 2. The molecule has 0 fully saturated rings. The van der Waals surface area contributed by atoms with Crippen molar-refractivity contribution >= 4 is 10.0 Å². The van der Waals surface area contributed by atoms with E-state index in [1.54, 1.807) is 6.20 Å². The number of hydrogen-bond acceptors (Lipinski definition) is 4. The van der Waals surface area contributed by atoms with Crippen molar-refractivity contribution in [2.24, 2.45) is 0 Å². The number of aromatic amines is 1. The van der Waals surface area contributed by atoms with Crippen LogP contribution in [0.5, 0.6) is 6.01 Å². The average molecular weight is 301 g/mol. The van der Waals surface area contributed by atoms with Gasteiger partial charge in [0, 0.05) is 18.9 Å². The summed E-state index contributed by atoms with van der Waals surface area (Å²) in [6.45, 7) is 0.113. The Balaban J connectivity index is 2.06. The number of aromatic nitrogens is 2. The summed E-state index contributed by atoms with van der Waals surface area (Å²) >= 11 is 0. The lowest BCUT2D eigenvalue weighted by molar-refractivity contribution is -0.0447. The van der Waals surface area contributed by atoms with Gasteiger partial charge in [-0.3, -0.25) is 0 Å². The Hall–Kier alpha value is -1.29. The first-order valence-electron chi connectivity index (χ1n) is 5.51. The summed E-state index contributed by atoms with van der Waals surface area (Å²) in [5.74, 6) is 0. The fraction of sp³-hybridized carbons (Fsp3) is 0.667. The molecule has 0 aliphatic carbocycles. The molecule has 0 unspecified atom stereocenters. The Kier molecular flexibility index (Phi) is 5.60. The van der Waals surface area contributed by atoms with E-state index in [-0.39, 0.29) is 6.54 Å². The zero-order chi connectivity index (χ0) is 14.4. The number of nitrogens with one attached hydrogen (secondary N) is 2. The molecule has 1 aromatic heterocycles. The molecule has 6 nitrogen and oxygen atoms in total. The Morgan fingerprint density at radius 3 is 2.63 bits per heavy atom. The third kappa shape index (κ3) is 5.47. The molecule has 1 rings (SSSR count). The molecule has 2 N–H and O–H groups in total. The van der Waals surface area contributed by atoms with E-state index in [0.717, 1.165) is 0 Å². The number of halogens is 3. The number of sulfonamides is 1. The molecule has 1 heterocycles. The molecule has 0 saturated heterocycles. The van der Waals surface area contributed by atoms with Crippen LogP contribution in [0, 0.1) is 0 Å². The quantitative estimate of drug-likeness (QED) is 0.711. The van der Waals surface area contributed by atoms with Crippen LogP contribution in [-0.2, 0) is 10.0 Å². The lowest BCUT2D eigenvalue weighted by Crippen LogP contribution is -2.36. The van der Waals surface area contributed by atoms with Crippen molar-refractivity contribution in [3.63, 3.8) is 0 Å². The van der Waals surface area contributed by atoms with E-state index in [2.05, 4.69) is 9.97 Å². The lowest BCUT2D eigenvalue weighted by atomic mass is 10.2. The second-order valence-corrected chi connectivity index (χ2v) is 5.41. The van der Waals surface area contributed by atoms with Gasteiger partial charge in [0.2, 0.25) is 0 Å². The number of imidazole rings is 1. The molecular formula is C9H14F3N3O3S. The van der Waals surface area contributed by atoms with Gasteiger partial charge in [0.05, 0.1) is 6.61 Å². The summed E-state index contributed by atoms with van der Waals surface area (Å²) in [6.07, 6.45) is 4.56. The van der Waals surface area contributed by atoms with Gasteiger partial charge in [-0.2, -0.15) is 13.2 Å². The van der Waals surface area contributed by atoms with Crippen LogP contribution < -0.4 is 9.46 Å². The number of hydrogen-bond donors (Lipinski definition) is 2. The lowest BCUT2D eigenvalue weighted by Gasteiger charge is -2.09. The predicted molar refractivity (Wildman–Crippen MR) is 60.9 cm³/mol. The summed E-state index contributed by atoms with van der Waals surface area (Å²) in [7, 11) is -5.22. The van der Waals surface area contributed by atoms with Crippen LogP contribution in [0.4, 0.5) is 13.2 Å². The van der Waals surface area contributed by atoms with E-state index in [1.165, 1.54) is 10.9 Å². The van der Waals surface area contributed by atoms with Crippen molar-refractivity contribution < 1.29 is 26.3 Å². The minimum atomic E-state index is -5.25. The number of H-pyrrole nitrogens is 1. The molecule has 0 amide bonds. The van der Waals surface area contributed by atoms with Gasteiger partial charge in [-0.15, -0.1) is 0 Å². The van der Waals surface area contributed by atoms with Crippen molar-refractivity contribution in [3.8, 4) is 6.01 Å². The molecule has 0 spiro atoms. The predicted octanol–water partition coefficient (Wildman–Crippen LogP) is 1.40. The smallest absolute Gasteiger partial charge is 0.465 e. The number of alkyl halides is 3. The first kappa shape index (κ1) is 15.8. The third-order valence-corrected chi connectivity index (χ3v) is 3.32. The first-order chi connectivity index (χ1) is 8.83. The summed E-state index contributed by atoms with van der Waals surface area (Å²) < 4.78 is 63.7. The second kappa shape index (κ2) is 6.75. The molecule has 0 aliphatic heterocycles. The maximum Gasteiger partial charge on any atom is 0.511 e. The van der Waals surface area contributed by atoms with E-state index in [9.17, 15) is 21.6 Å². The van der Waals surface area contributed by atoms with Gasteiger partial charge in [-0.1, -0.05) is 0 Å². The highest BCUT2D eigenvalue weighted by Crippen LogP contribution is 2.21. The number of nitrogens with zero attached hydrogens (tertiary/aromatic N) is 1. The van der Waals surface area contributed by atoms with Crippen molar-refractivity contribution in [3.05, 3.63) is 12.4 Å². The highest BCUT2D eigenvalue weighted by molar-refractivity contribution is 7.90. The van der Waals surface area contributed by atoms with E-state index in [0.29, 0.717) is 31.9 Å². The highest BCUT2D eigenvalue weighted by Gasteiger charge is 2.45. The standard InChI is InChI=1S/C9H14F3N3O3S/c10-9(11,12)19(16,17)15-4-2-1-3-7-18-8-13-5-6-14-8/h5-6,15H,1-4,7H2,(H,13,14). The summed E-state index contributed by atoms with van der Waals surface area (Å²) in [4.78, 5) is 6.54. The minimum Gasteiger partial charge on any atom is -0.465 e. The van der Waals surface area contributed by atoms with Crippen LogP contribution in [0.15, 0.2) is 12.4 Å². The number of ether oxygens (including phenoxy) is 1. The first-order valence-corrected chi connectivity index (χ1v) is 6.99. The molecule has 0 bridgehead atoms. The molecule has 1 aromatic rings. The van der Waals surface area contributed by atoms with E-state index in [1.807, 2.05) is 0 Å². The van der Waals surface area contributed by atoms with Gasteiger partial charge in [0.1, 0.15) is 0 Å². The van der Waals surface area contributed by atoms with Crippen LogP contribution in [0.2, 0.25) is 0 Å². The molecule has 0 aromatic carbocycles. The normalized spacial score (nSPS) is 12.6. The topological polar surface area (TPSA) is 84.1 Å². The average Bonchev–Trinajstić information content (AvgIpc) is 2.79. The molecule has 19 heavy (non-hydrogen) atoms. The SMILES string of the molecule is O=S(=O)(NCCCCCOc1ncc[nH]1)C(F)(F)F. The van der Waals surface area contributed by atoms with Crippen molar-refractivity contribution in [2.45, 2.75) is 24.8 Å². The van der Waals surface area contributed by atoms with E-state index in [4.69, 9.17) is 4.74 Å². The minimum absolute atomic E-state index is 0.247. The number of rotatable bonds is 8. The Morgan fingerprint density at radius 2 is 2.05 bits per heavy atom. The van der Waals surface area contributed by atoms with Crippen LogP contribution in [-0.4, -0.2) is 37.0 Å². The maximum absolute atomic E-state index is 11.9. The molecule has 0 saturated carbocycles. The third-order valence-electron chi connectivity index (χ3n) is 2.13. The molecule has 0 aliphatic rings. The second-order valence-electron chi connectivity index (χ2n) is 3.65. The molecule has 110 valence electrons. The van der Waals surface area contributed by atoms with Crippen LogP contribution in [0.1, 0.15) is 19.3 Å². The van der Waals surface area contributed by atoms with Gasteiger partial charge in [-0.05, 0) is 19.3 Å². The Morgan fingerprint density at radius 1 is 1.32 bits per heavy atom. The monoisotopic (exact) mass is 301 g/mol. The van der Waals surface area contributed by atoms with Crippen LogP contribution in [0.3, 0.4) is 0 Å². The van der Waals surface area contributed by atoms with E-state index < -0.39 is 15.5 Å². The van der Waals surface area contributed by atoms with E-state index >= 15 is 0 Å². The van der Waals surface area contributed by atoms with Crippen molar-refractivity contribution in [1.29, 1.82) is 0 Å². The fourth-order valence-corrected chi connectivity index (χ4v) is 1.77. The largest absolute Gasteiger partial charge is 0.511 e. The van der Waals surface area contributed by atoms with Crippen LogP contribution in [0.25, 0.3) is 0 Å². The zero-order valence-electron chi connectivity index (χ0n) is 9.90. The molecule has 0 radical (unpaired) electrons. The van der Waals surface area contributed by atoms with Crippen molar-refractivity contribution in [2.75, 3.05) is 13.2 Å². The Labute approximate surface area is 108 Å². The molecule has 10 heteroatoms. The Bertz CT molecular complexity index is 459. The highest BCUT2D eigenvalue weighted by atomic mass is 32.2. The van der Waals surface area contributed by atoms with Gasteiger partial charge < -0.3 is 9.72 Å². The van der Waals surface area contributed by atoms with Gasteiger partial charge in [0.15, 0.2) is 0 Å². The van der Waals surface area contributed by atoms with Crippen LogP contribution >= 0.6 is 0 Å². The summed E-state index contributed by atoms with van der Waals surface area (Å²) in [5.41, 5.74) is -5.25. The fourth-order valence-electron chi connectivity index (χ4n) is 1.19. The summed E-state index contributed by atoms with van der Waals surface area (Å²) in [6, 6.07) is 0.373. The maximum atomic E-state index is 11.9. The summed E-state index contributed by atoms with van der Waals surface area (Å²) in [5, 5.41) is 0. The molecule has 0 atom stereocenters. The molecular weight excluding hydrogens is 287 g/mol. The van der Waals surface area contributed by atoms with Crippen molar-refractivity contribution in [1.82, 2.24) is 14.7 Å². The van der Waals surface area contributed by atoms with Gasteiger partial charge >= 0.3 is 15.5 Å². The van der Waals surface area contributed by atoms with Gasteiger partial charge in [0.25, 0.3) is 6.01 Å². The zero-order valence-corrected chi connectivity index (χ0v) is 10.7.